The predicted octanol–water partition coefficient (Wildman–Crippen LogP) is 3.53. The second kappa shape index (κ2) is 3.99. The average Bonchev–Trinajstić information content (AvgIpc) is 2.31. The fraction of sp³-hybridized carbons (Fsp3) is 0.533. The van der Waals surface area contributed by atoms with Gasteiger partial charge in [0.1, 0.15) is 5.78 Å². The standard InChI is InChI=1S/C15H18ClNO/c1-15(2)8-10-9-17(14(15)7-13(10)18)12-5-3-11(16)4-6-12/h3-6,10,14H,7-9H2,1-2H3/t10-,14+/m0/s1. The Hall–Kier alpha value is -1.02. The first-order valence-electron chi connectivity index (χ1n) is 6.52. The molecule has 3 heteroatoms. The summed E-state index contributed by atoms with van der Waals surface area (Å²) in [5.74, 6) is 0.658. The van der Waals surface area contributed by atoms with Gasteiger partial charge in [-0.1, -0.05) is 25.4 Å². The lowest BCUT2D eigenvalue weighted by atomic mass is 9.64. The van der Waals surface area contributed by atoms with E-state index in [-0.39, 0.29) is 11.3 Å². The second-order valence-corrected chi connectivity index (χ2v) is 6.64. The number of ketones is 1. The summed E-state index contributed by atoms with van der Waals surface area (Å²) in [6.07, 6.45) is 1.72. The molecule has 1 saturated carbocycles. The molecular weight excluding hydrogens is 246 g/mol. The molecule has 0 radical (unpaired) electrons. The summed E-state index contributed by atoms with van der Waals surface area (Å²) in [4.78, 5) is 14.3. The quantitative estimate of drug-likeness (QED) is 0.773. The van der Waals surface area contributed by atoms with E-state index in [4.69, 9.17) is 11.6 Å². The Balaban J connectivity index is 1.94. The number of nitrogens with zero attached hydrogens (tertiary/aromatic N) is 1. The lowest BCUT2D eigenvalue weighted by molar-refractivity contribution is -0.130. The fourth-order valence-corrected chi connectivity index (χ4v) is 3.63. The molecule has 2 aliphatic heterocycles. The van der Waals surface area contributed by atoms with Gasteiger partial charge in [0.05, 0.1) is 0 Å². The minimum atomic E-state index is 0.209. The van der Waals surface area contributed by atoms with Crippen molar-refractivity contribution in [3.63, 3.8) is 0 Å². The van der Waals surface area contributed by atoms with E-state index in [9.17, 15) is 4.79 Å². The maximum atomic E-state index is 11.9. The summed E-state index contributed by atoms with van der Waals surface area (Å²) in [6.45, 7) is 5.42. The van der Waals surface area contributed by atoms with Gasteiger partial charge in [-0.05, 0) is 36.1 Å². The predicted molar refractivity (Wildman–Crippen MR) is 74.1 cm³/mol. The molecule has 0 spiro atoms. The first-order chi connectivity index (χ1) is 8.47. The third-order valence-electron chi connectivity index (χ3n) is 4.48. The van der Waals surface area contributed by atoms with Crippen LogP contribution in [-0.4, -0.2) is 18.4 Å². The van der Waals surface area contributed by atoms with Crippen LogP contribution in [0.3, 0.4) is 0 Å². The molecule has 3 aliphatic rings. The van der Waals surface area contributed by atoms with Crippen molar-refractivity contribution in [2.24, 2.45) is 11.3 Å². The highest BCUT2D eigenvalue weighted by molar-refractivity contribution is 6.30. The van der Waals surface area contributed by atoms with Gasteiger partial charge >= 0.3 is 0 Å². The van der Waals surface area contributed by atoms with Gasteiger partial charge in [-0.15, -0.1) is 0 Å². The summed E-state index contributed by atoms with van der Waals surface area (Å²) in [7, 11) is 0. The van der Waals surface area contributed by atoms with Gasteiger partial charge < -0.3 is 4.90 Å². The Morgan fingerprint density at radius 1 is 1.28 bits per heavy atom. The Bertz CT molecular complexity index is 480. The first-order valence-corrected chi connectivity index (χ1v) is 6.90. The number of halogens is 1. The van der Waals surface area contributed by atoms with Crippen LogP contribution < -0.4 is 4.90 Å². The molecule has 1 aromatic carbocycles. The van der Waals surface area contributed by atoms with Crippen LogP contribution in [-0.2, 0) is 4.79 Å². The Morgan fingerprint density at radius 3 is 2.56 bits per heavy atom. The van der Waals surface area contributed by atoms with E-state index < -0.39 is 0 Å². The number of anilines is 1. The fourth-order valence-electron chi connectivity index (χ4n) is 3.50. The summed E-state index contributed by atoms with van der Waals surface area (Å²) in [5, 5.41) is 0.760. The number of carbonyl (C=O) groups is 1. The highest BCUT2D eigenvalue weighted by Gasteiger charge is 2.49. The molecule has 4 rings (SSSR count). The van der Waals surface area contributed by atoms with E-state index in [0.29, 0.717) is 18.2 Å². The number of carbonyl (C=O) groups excluding carboxylic acids is 1. The smallest absolute Gasteiger partial charge is 0.139 e. The van der Waals surface area contributed by atoms with Crippen LogP contribution in [0.25, 0.3) is 0 Å². The number of hydrogen-bond acceptors (Lipinski definition) is 2. The molecule has 0 unspecified atom stereocenters. The van der Waals surface area contributed by atoms with Gasteiger partial charge in [0.25, 0.3) is 0 Å². The van der Waals surface area contributed by atoms with Crippen LogP contribution in [0.4, 0.5) is 5.69 Å². The molecule has 0 N–H and O–H groups in total. The van der Waals surface area contributed by atoms with Crippen LogP contribution in [0, 0.1) is 11.3 Å². The summed E-state index contributed by atoms with van der Waals surface area (Å²) in [6, 6.07) is 8.30. The van der Waals surface area contributed by atoms with E-state index in [0.717, 1.165) is 18.0 Å². The Kier molecular flexibility index (Phi) is 2.67. The molecule has 1 aromatic rings. The zero-order chi connectivity index (χ0) is 12.9. The molecule has 1 aliphatic carbocycles. The van der Waals surface area contributed by atoms with Crippen molar-refractivity contribution in [2.75, 3.05) is 11.4 Å². The zero-order valence-electron chi connectivity index (χ0n) is 10.8. The SMILES string of the molecule is CC1(C)C[C@H]2CN(c3ccc(Cl)cc3)[C@@H]1CC2=O. The van der Waals surface area contributed by atoms with Crippen molar-refractivity contribution in [2.45, 2.75) is 32.7 Å². The monoisotopic (exact) mass is 263 g/mol. The zero-order valence-corrected chi connectivity index (χ0v) is 11.6. The third kappa shape index (κ3) is 1.83. The molecule has 2 nitrogen and oxygen atoms in total. The van der Waals surface area contributed by atoms with Gasteiger partial charge in [-0.3, -0.25) is 4.79 Å². The Labute approximate surface area is 113 Å². The molecule has 2 saturated heterocycles. The molecule has 2 bridgehead atoms. The van der Waals surface area contributed by atoms with Crippen molar-refractivity contribution in [1.29, 1.82) is 0 Å². The van der Waals surface area contributed by atoms with Gasteiger partial charge in [0, 0.05) is 35.6 Å². The molecule has 96 valence electrons. The van der Waals surface area contributed by atoms with E-state index in [1.54, 1.807) is 0 Å². The van der Waals surface area contributed by atoms with Crippen molar-refractivity contribution in [3.05, 3.63) is 29.3 Å². The summed E-state index contributed by atoms with van der Waals surface area (Å²) < 4.78 is 0. The minimum Gasteiger partial charge on any atom is -0.367 e. The normalized spacial score (nSPS) is 29.7. The van der Waals surface area contributed by atoms with Gasteiger partial charge in [0.2, 0.25) is 0 Å². The maximum Gasteiger partial charge on any atom is 0.139 e. The topological polar surface area (TPSA) is 20.3 Å². The summed E-state index contributed by atoms with van der Waals surface area (Å²) >= 11 is 5.94. The first kappa shape index (κ1) is 12.0. The number of hydrogen-bond donors (Lipinski definition) is 0. The maximum absolute atomic E-state index is 11.9. The van der Waals surface area contributed by atoms with Crippen LogP contribution >= 0.6 is 11.6 Å². The van der Waals surface area contributed by atoms with Gasteiger partial charge in [0.15, 0.2) is 0 Å². The molecule has 0 aromatic heterocycles. The molecule has 18 heavy (non-hydrogen) atoms. The number of piperidine rings is 2. The third-order valence-corrected chi connectivity index (χ3v) is 4.73. The van der Waals surface area contributed by atoms with E-state index >= 15 is 0 Å². The van der Waals surface area contributed by atoms with Crippen molar-refractivity contribution in [1.82, 2.24) is 0 Å². The number of rotatable bonds is 1. The largest absolute Gasteiger partial charge is 0.367 e. The van der Waals surface area contributed by atoms with Crippen LogP contribution in [0.2, 0.25) is 5.02 Å². The van der Waals surface area contributed by atoms with Crippen LogP contribution in [0.15, 0.2) is 24.3 Å². The second-order valence-electron chi connectivity index (χ2n) is 6.20. The van der Waals surface area contributed by atoms with Gasteiger partial charge in [-0.25, -0.2) is 0 Å². The Morgan fingerprint density at radius 2 is 1.94 bits per heavy atom. The number of benzene rings is 1. The van der Waals surface area contributed by atoms with E-state index in [1.165, 1.54) is 5.69 Å². The molecule has 2 heterocycles. The molecule has 0 amide bonds. The lowest BCUT2D eigenvalue weighted by Crippen LogP contribution is -2.60. The molecule has 2 atom stereocenters. The minimum absolute atomic E-state index is 0.209. The number of fused-ring (bicyclic) bond motifs is 3. The molecular formula is C15H18ClNO. The van der Waals surface area contributed by atoms with E-state index in [2.05, 4.69) is 30.9 Å². The molecule has 3 fully saturated rings. The van der Waals surface area contributed by atoms with Crippen LogP contribution in [0.1, 0.15) is 26.7 Å². The highest BCUT2D eigenvalue weighted by atomic mass is 35.5. The van der Waals surface area contributed by atoms with Crippen molar-refractivity contribution >= 4 is 23.1 Å². The van der Waals surface area contributed by atoms with Crippen molar-refractivity contribution < 1.29 is 4.79 Å². The lowest BCUT2D eigenvalue weighted by Gasteiger charge is -2.54. The van der Waals surface area contributed by atoms with Crippen LogP contribution in [0.5, 0.6) is 0 Å². The highest BCUT2D eigenvalue weighted by Crippen LogP contribution is 2.46. The number of Topliss-reactive ketones (excluding diaryl/α,β-unsaturated/α-hetero) is 1. The van der Waals surface area contributed by atoms with Gasteiger partial charge in [-0.2, -0.15) is 0 Å². The van der Waals surface area contributed by atoms with E-state index in [1.807, 2.05) is 12.1 Å². The average molecular weight is 264 g/mol. The van der Waals surface area contributed by atoms with Crippen molar-refractivity contribution in [3.8, 4) is 0 Å². The summed E-state index contributed by atoms with van der Waals surface area (Å²) in [5.41, 5.74) is 1.41.